The second-order valence-electron chi connectivity index (χ2n) is 7.34. The highest BCUT2D eigenvalue weighted by atomic mass is 16.2. The number of fused-ring (bicyclic) bond motifs is 2. The Labute approximate surface area is 171 Å². The van der Waals surface area contributed by atoms with E-state index in [9.17, 15) is 14.4 Å². The van der Waals surface area contributed by atoms with Gasteiger partial charge in [-0.3, -0.25) is 23.5 Å². The fourth-order valence-electron chi connectivity index (χ4n) is 3.29. The molecule has 8 nitrogen and oxygen atoms in total. The van der Waals surface area contributed by atoms with Gasteiger partial charge in [0.25, 0.3) is 11.1 Å². The lowest BCUT2D eigenvalue weighted by Gasteiger charge is -2.11. The number of carbonyl (C=O) groups excluding carboxylic acids is 1. The lowest BCUT2D eigenvalue weighted by atomic mass is 10.2. The highest BCUT2D eigenvalue weighted by molar-refractivity contribution is 5.93. The number of nitrogens with zero attached hydrogens (tertiary/aromatic N) is 4. The number of benzene rings is 2. The van der Waals surface area contributed by atoms with E-state index in [0.29, 0.717) is 27.5 Å². The van der Waals surface area contributed by atoms with Crippen molar-refractivity contribution in [3.63, 3.8) is 0 Å². The van der Waals surface area contributed by atoms with Crippen molar-refractivity contribution < 1.29 is 4.79 Å². The lowest BCUT2D eigenvalue weighted by molar-refractivity contribution is -0.116. The lowest BCUT2D eigenvalue weighted by Crippen LogP contribution is -2.24. The van der Waals surface area contributed by atoms with E-state index < -0.39 is 0 Å². The van der Waals surface area contributed by atoms with Crippen molar-refractivity contribution in [3.8, 4) is 0 Å². The molecule has 0 spiro atoms. The Morgan fingerprint density at radius 2 is 1.70 bits per heavy atom. The summed E-state index contributed by atoms with van der Waals surface area (Å²) in [6.07, 6.45) is 3.08. The maximum atomic E-state index is 12.6. The Balaban J connectivity index is 1.51. The van der Waals surface area contributed by atoms with Crippen LogP contribution in [-0.2, 0) is 11.3 Å². The molecule has 30 heavy (non-hydrogen) atoms. The number of aromatic nitrogens is 4. The summed E-state index contributed by atoms with van der Waals surface area (Å²) in [4.78, 5) is 46.1. The van der Waals surface area contributed by atoms with Crippen molar-refractivity contribution in [2.24, 2.45) is 0 Å². The van der Waals surface area contributed by atoms with Crippen LogP contribution in [0.5, 0.6) is 0 Å². The van der Waals surface area contributed by atoms with Crippen LogP contribution in [0.15, 0.2) is 64.7 Å². The number of hydrogen-bond donors (Lipinski definition) is 1. The Bertz CT molecular complexity index is 1370. The van der Waals surface area contributed by atoms with Gasteiger partial charge in [0, 0.05) is 24.7 Å². The summed E-state index contributed by atoms with van der Waals surface area (Å²) in [6.45, 7) is 4.02. The van der Waals surface area contributed by atoms with Crippen LogP contribution in [0.1, 0.15) is 26.3 Å². The number of para-hydroxylation sites is 1. The Kier molecular flexibility index (Phi) is 5.14. The van der Waals surface area contributed by atoms with Gasteiger partial charge in [0.05, 0.1) is 34.5 Å². The van der Waals surface area contributed by atoms with Gasteiger partial charge in [-0.1, -0.05) is 12.1 Å². The minimum atomic E-state index is -0.262. The molecule has 2 aromatic heterocycles. The zero-order valence-corrected chi connectivity index (χ0v) is 16.7. The molecule has 0 aliphatic rings. The van der Waals surface area contributed by atoms with Gasteiger partial charge in [-0.05, 0) is 44.2 Å². The summed E-state index contributed by atoms with van der Waals surface area (Å²) in [5.41, 5.74) is 1.37. The number of rotatable bonds is 5. The van der Waals surface area contributed by atoms with Gasteiger partial charge in [-0.25, -0.2) is 9.97 Å². The zero-order valence-electron chi connectivity index (χ0n) is 16.7. The fourth-order valence-corrected chi connectivity index (χ4v) is 3.29. The molecule has 1 N–H and O–H groups in total. The van der Waals surface area contributed by atoms with E-state index in [1.54, 1.807) is 41.0 Å². The second kappa shape index (κ2) is 7.90. The van der Waals surface area contributed by atoms with Crippen LogP contribution < -0.4 is 16.4 Å². The number of anilines is 1. The molecular formula is C22H21N5O3. The summed E-state index contributed by atoms with van der Waals surface area (Å²) in [6, 6.07) is 12.1. The summed E-state index contributed by atoms with van der Waals surface area (Å²) >= 11 is 0. The molecule has 0 saturated heterocycles. The molecule has 0 aliphatic heterocycles. The van der Waals surface area contributed by atoms with E-state index in [-0.39, 0.29) is 36.0 Å². The SMILES string of the molecule is CC(C)n1cnc2ccc(NC(=O)CCn3cnc4ccccc4c3=O)cc2c1=O. The topological polar surface area (TPSA) is 98.9 Å². The molecule has 0 aliphatic carbocycles. The van der Waals surface area contributed by atoms with Crippen LogP contribution in [0.25, 0.3) is 21.8 Å². The average Bonchev–Trinajstić information content (AvgIpc) is 2.74. The van der Waals surface area contributed by atoms with Crippen molar-refractivity contribution in [1.82, 2.24) is 19.1 Å². The molecule has 1 amide bonds. The van der Waals surface area contributed by atoms with Crippen LogP contribution in [0.3, 0.4) is 0 Å². The largest absolute Gasteiger partial charge is 0.326 e. The van der Waals surface area contributed by atoms with Crippen molar-refractivity contribution in [1.29, 1.82) is 0 Å². The standard InChI is InChI=1S/C22H21N5O3/c1-14(2)27-13-24-19-8-7-15(11-17(19)22(27)30)25-20(28)9-10-26-12-23-18-6-4-3-5-16(18)21(26)29/h3-8,11-14H,9-10H2,1-2H3,(H,25,28). The Hall–Kier alpha value is -3.81. The van der Waals surface area contributed by atoms with Gasteiger partial charge < -0.3 is 5.32 Å². The van der Waals surface area contributed by atoms with Crippen molar-refractivity contribution in [2.45, 2.75) is 32.9 Å². The zero-order chi connectivity index (χ0) is 21.3. The van der Waals surface area contributed by atoms with E-state index in [2.05, 4.69) is 15.3 Å². The summed E-state index contributed by atoms with van der Waals surface area (Å²) in [5.74, 6) is -0.262. The van der Waals surface area contributed by atoms with Gasteiger partial charge in [0.1, 0.15) is 0 Å². The summed E-state index contributed by atoms with van der Waals surface area (Å²) in [5, 5.41) is 3.75. The first-order valence-corrected chi connectivity index (χ1v) is 9.69. The van der Waals surface area contributed by atoms with E-state index in [1.807, 2.05) is 19.9 Å². The number of hydrogen-bond acceptors (Lipinski definition) is 5. The number of carbonyl (C=O) groups is 1. The minimum absolute atomic E-state index is 0.0125. The second-order valence-corrected chi connectivity index (χ2v) is 7.34. The van der Waals surface area contributed by atoms with E-state index in [1.165, 1.54) is 17.2 Å². The third-order valence-electron chi connectivity index (χ3n) is 4.93. The van der Waals surface area contributed by atoms with E-state index in [0.717, 1.165) is 0 Å². The van der Waals surface area contributed by atoms with Gasteiger partial charge >= 0.3 is 0 Å². The number of amides is 1. The monoisotopic (exact) mass is 403 g/mol. The van der Waals surface area contributed by atoms with Crippen LogP contribution in [0.4, 0.5) is 5.69 Å². The maximum Gasteiger partial charge on any atom is 0.261 e. The third-order valence-corrected chi connectivity index (χ3v) is 4.93. The van der Waals surface area contributed by atoms with Crippen LogP contribution in [-0.4, -0.2) is 25.0 Å². The first-order chi connectivity index (χ1) is 14.4. The molecule has 0 unspecified atom stereocenters. The van der Waals surface area contributed by atoms with Gasteiger partial charge in [-0.2, -0.15) is 0 Å². The molecule has 2 heterocycles. The predicted molar refractivity (Wildman–Crippen MR) is 116 cm³/mol. The fraction of sp³-hybridized carbons (Fsp3) is 0.227. The number of aryl methyl sites for hydroxylation is 1. The molecule has 8 heteroatoms. The molecule has 0 fully saturated rings. The molecule has 0 radical (unpaired) electrons. The average molecular weight is 403 g/mol. The van der Waals surface area contributed by atoms with E-state index >= 15 is 0 Å². The highest BCUT2D eigenvalue weighted by Gasteiger charge is 2.10. The Morgan fingerprint density at radius 3 is 2.50 bits per heavy atom. The van der Waals surface area contributed by atoms with Crippen molar-refractivity contribution >= 4 is 33.4 Å². The first kappa shape index (κ1) is 19.5. The molecule has 0 bridgehead atoms. The first-order valence-electron chi connectivity index (χ1n) is 9.69. The normalized spacial score (nSPS) is 11.3. The van der Waals surface area contributed by atoms with Crippen molar-refractivity contribution in [3.05, 3.63) is 75.8 Å². The maximum absolute atomic E-state index is 12.6. The molecule has 4 aromatic rings. The smallest absolute Gasteiger partial charge is 0.261 e. The molecule has 0 atom stereocenters. The highest BCUT2D eigenvalue weighted by Crippen LogP contribution is 2.15. The Morgan fingerprint density at radius 1 is 0.967 bits per heavy atom. The summed E-state index contributed by atoms with van der Waals surface area (Å²) < 4.78 is 2.97. The van der Waals surface area contributed by atoms with Crippen LogP contribution in [0, 0.1) is 0 Å². The summed E-state index contributed by atoms with van der Waals surface area (Å²) in [7, 11) is 0. The van der Waals surface area contributed by atoms with Crippen LogP contribution >= 0.6 is 0 Å². The molecule has 4 rings (SSSR count). The quantitative estimate of drug-likeness (QED) is 0.552. The van der Waals surface area contributed by atoms with Gasteiger partial charge in [0.2, 0.25) is 5.91 Å². The minimum Gasteiger partial charge on any atom is -0.326 e. The van der Waals surface area contributed by atoms with Crippen LogP contribution in [0.2, 0.25) is 0 Å². The molecule has 2 aromatic carbocycles. The van der Waals surface area contributed by atoms with Gasteiger partial charge in [0.15, 0.2) is 0 Å². The molecule has 152 valence electrons. The number of nitrogens with one attached hydrogen (secondary N) is 1. The van der Waals surface area contributed by atoms with E-state index in [4.69, 9.17) is 0 Å². The van der Waals surface area contributed by atoms with Crippen molar-refractivity contribution in [2.75, 3.05) is 5.32 Å². The third kappa shape index (κ3) is 3.71. The van der Waals surface area contributed by atoms with Gasteiger partial charge in [-0.15, -0.1) is 0 Å². The predicted octanol–water partition coefficient (Wildman–Crippen LogP) is 2.72. The molecule has 0 saturated carbocycles. The molecular weight excluding hydrogens is 382 g/mol.